The Morgan fingerprint density at radius 2 is 1.85 bits per heavy atom. The van der Waals surface area contributed by atoms with Gasteiger partial charge in [0.05, 0.1) is 0 Å². The van der Waals surface area contributed by atoms with Crippen molar-refractivity contribution >= 4 is 5.69 Å². The molecule has 104 valence electrons. The zero-order chi connectivity index (χ0) is 13.8. The number of nitrogens with two attached hydrogens (primary N) is 1. The molecule has 0 saturated carbocycles. The van der Waals surface area contributed by atoms with Crippen LogP contribution in [-0.4, -0.2) is 13.1 Å². The fourth-order valence-electron chi connectivity index (χ4n) is 3.00. The number of nitrogens with zero attached hydrogens (tertiary/aromatic N) is 1. The molecule has 0 aliphatic carbocycles. The summed E-state index contributed by atoms with van der Waals surface area (Å²) >= 11 is 0. The first-order valence-corrected chi connectivity index (χ1v) is 7.47. The maximum absolute atomic E-state index is 5.74. The highest BCUT2D eigenvalue weighted by Gasteiger charge is 2.16. The molecule has 20 heavy (non-hydrogen) atoms. The van der Waals surface area contributed by atoms with Crippen LogP contribution < -0.4 is 10.6 Å². The van der Waals surface area contributed by atoms with Gasteiger partial charge in [-0.15, -0.1) is 0 Å². The minimum atomic E-state index is 0.636. The Kier molecular flexibility index (Phi) is 4.03. The molecule has 0 aromatic heterocycles. The number of benzene rings is 2. The van der Waals surface area contributed by atoms with Crippen molar-refractivity contribution in [1.82, 2.24) is 0 Å². The van der Waals surface area contributed by atoms with Crippen LogP contribution in [0.3, 0.4) is 0 Å². The van der Waals surface area contributed by atoms with Crippen molar-refractivity contribution in [3.8, 4) is 0 Å². The average Bonchev–Trinajstić information content (AvgIpc) is 2.53. The highest BCUT2D eigenvalue weighted by molar-refractivity contribution is 5.57. The van der Waals surface area contributed by atoms with Crippen LogP contribution in [0.5, 0.6) is 0 Å². The second-order valence-corrected chi connectivity index (χ2v) is 5.49. The molecule has 2 aromatic carbocycles. The number of aryl methyl sites for hydroxylation is 1. The summed E-state index contributed by atoms with van der Waals surface area (Å²) in [5.41, 5.74) is 11.3. The van der Waals surface area contributed by atoms with Gasteiger partial charge in [0.15, 0.2) is 0 Å². The molecule has 0 radical (unpaired) electrons. The zero-order valence-corrected chi connectivity index (χ0v) is 11.9. The third-order valence-corrected chi connectivity index (χ3v) is 4.11. The number of hydrogen-bond donors (Lipinski definition) is 1. The minimum absolute atomic E-state index is 0.636. The first-order valence-electron chi connectivity index (χ1n) is 7.47. The summed E-state index contributed by atoms with van der Waals surface area (Å²) in [5, 5.41) is 0. The van der Waals surface area contributed by atoms with Crippen molar-refractivity contribution in [2.75, 3.05) is 18.0 Å². The maximum Gasteiger partial charge on any atom is 0.0399 e. The zero-order valence-electron chi connectivity index (χ0n) is 11.9. The van der Waals surface area contributed by atoms with E-state index in [1.54, 1.807) is 0 Å². The van der Waals surface area contributed by atoms with Gasteiger partial charge < -0.3 is 10.6 Å². The molecule has 1 heterocycles. The largest absolute Gasteiger partial charge is 0.371 e. The Morgan fingerprint density at radius 1 is 1.00 bits per heavy atom. The van der Waals surface area contributed by atoms with Gasteiger partial charge in [-0.3, -0.25) is 0 Å². The first-order chi connectivity index (χ1) is 9.86. The van der Waals surface area contributed by atoms with Gasteiger partial charge in [-0.1, -0.05) is 42.5 Å². The van der Waals surface area contributed by atoms with Gasteiger partial charge in [-0.05, 0) is 42.0 Å². The smallest absolute Gasteiger partial charge is 0.0399 e. The molecule has 2 aromatic rings. The van der Waals surface area contributed by atoms with E-state index in [0.717, 1.165) is 13.0 Å². The molecule has 3 rings (SSSR count). The van der Waals surface area contributed by atoms with Gasteiger partial charge in [-0.2, -0.15) is 0 Å². The third kappa shape index (κ3) is 2.86. The Hall–Kier alpha value is -1.80. The predicted octanol–water partition coefficient (Wildman–Crippen LogP) is 3.14. The third-order valence-electron chi connectivity index (χ3n) is 4.11. The Bertz CT molecular complexity index is 563. The molecule has 0 bridgehead atoms. The second kappa shape index (κ2) is 6.10. The predicted molar refractivity (Wildman–Crippen MR) is 85.0 cm³/mol. The lowest BCUT2D eigenvalue weighted by Gasteiger charge is -2.31. The van der Waals surface area contributed by atoms with E-state index in [0.29, 0.717) is 6.54 Å². The van der Waals surface area contributed by atoms with Gasteiger partial charge in [0.2, 0.25) is 0 Å². The highest BCUT2D eigenvalue weighted by Crippen LogP contribution is 2.28. The molecular formula is C18H22N2. The molecule has 0 amide bonds. The van der Waals surface area contributed by atoms with Crippen LogP contribution in [0.1, 0.15) is 23.1 Å². The van der Waals surface area contributed by atoms with Crippen molar-refractivity contribution < 1.29 is 0 Å². The summed E-state index contributed by atoms with van der Waals surface area (Å²) in [4.78, 5) is 2.52. The van der Waals surface area contributed by atoms with Crippen LogP contribution >= 0.6 is 0 Å². The van der Waals surface area contributed by atoms with Crippen molar-refractivity contribution in [3.63, 3.8) is 0 Å². The van der Waals surface area contributed by atoms with E-state index in [2.05, 4.69) is 53.4 Å². The van der Waals surface area contributed by atoms with Crippen molar-refractivity contribution in [1.29, 1.82) is 0 Å². The van der Waals surface area contributed by atoms with Crippen LogP contribution in [0.25, 0.3) is 0 Å². The van der Waals surface area contributed by atoms with Crippen molar-refractivity contribution in [2.24, 2.45) is 5.73 Å². The maximum atomic E-state index is 5.74. The van der Waals surface area contributed by atoms with E-state index in [1.807, 2.05) is 0 Å². The first kappa shape index (κ1) is 13.2. The molecule has 0 fully saturated rings. The highest BCUT2D eigenvalue weighted by atomic mass is 15.1. The summed E-state index contributed by atoms with van der Waals surface area (Å²) in [7, 11) is 0. The summed E-state index contributed by atoms with van der Waals surface area (Å²) in [5.74, 6) is 0. The molecule has 1 aliphatic rings. The fraction of sp³-hybridized carbons (Fsp3) is 0.333. The van der Waals surface area contributed by atoms with Crippen LogP contribution in [0.15, 0.2) is 48.5 Å². The topological polar surface area (TPSA) is 29.3 Å². The molecule has 0 unspecified atom stereocenters. The SMILES string of the molecule is NCc1ccc2c(c1)CCCN2CCc1ccccc1. The standard InChI is InChI=1S/C18H22N2/c19-14-16-8-9-18-17(13-16)7-4-11-20(18)12-10-15-5-2-1-3-6-15/h1-3,5-6,8-9,13H,4,7,10-12,14,19H2. The number of fused-ring (bicyclic) bond motifs is 1. The normalized spacial score (nSPS) is 14.2. The fourth-order valence-corrected chi connectivity index (χ4v) is 3.00. The molecule has 2 heteroatoms. The number of anilines is 1. The second-order valence-electron chi connectivity index (χ2n) is 5.49. The lowest BCUT2D eigenvalue weighted by atomic mass is 9.98. The van der Waals surface area contributed by atoms with E-state index in [-0.39, 0.29) is 0 Å². The van der Waals surface area contributed by atoms with E-state index in [9.17, 15) is 0 Å². The van der Waals surface area contributed by atoms with Crippen LogP contribution in [0.2, 0.25) is 0 Å². The lowest BCUT2D eigenvalue weighted by Crippen LogP contribution is -2.31. The van der Waals surface area contributed by atoms with E-state index >= 15 is 0 Å². The minimum Gasteiger partial charge on any atom is -0.371 e. The lowest BCUT2D eigenvalue weighted by molar-refractivity contribution is 0.687. The molecule has 2 nitrogen and oxygen atoms in total. The molecule has 0 atom stereocenters. The average molecular weight is 266 g/mol. The van der Waals surface area contributed by atoms with E-state index < -0.39 is 0 Å². The Balaban J connectivity index is 1.73. The van der Waals surface area contributed by atoms with Gasteiger partial charge >= 0.3 is 0 Å². The van der Waals surface area contributed by atoms with E-state index in [4.69, 9.17) is 5.73 Å². The Morgan fingerprint density at radius 3 is 2.65 bits per heavy atom. The van der Waals surface area contributed by atoms with E-state index in [1.165, 1.54) is 41.8 Å². The van der Waals surface area contributed by atoms with Crippen molar-refractivity contribution in [2.45, 2.75) is 25.8 Å². The molecule has 2 N–H and O–H groups in total. The molecule has 1 aliphatic heterocycles. The summed E-state index contributed by atoms with van der Waals surface area (Å²) in [6.45, 7) is 2.90. The van der Waals surface area contributed by atoms with Crippen LogP contribution in [-0.2, 0) is 19.4 Å². The Labute approximate surface area is 121 Å². The summed E-state index contributed by atoms with van der Waals surface area (Å²) < 4.78 is 0. The molecule has 0 saturated heterocycles. The molecular weight excluding hydrogens is 244 g/mol. The van der Waals surface area contributed by atoms with Gasteiger partial charge in [0.1, 0.15) is 0 Å². The number of rotatable bonds is 4. The van der Waals surface area contributed by atoms with Gasteiger partial charge in [0.25, 0.3) is 0 Å². The number of hydrogen-bond acceptors (Lipinski definition) is 2. The van der Waals surface area contributed by atoms with Gasteiger partial charge in [0, 0.05) is 25.3 Å². The monoisotopic (exact) mass is 266 g/mol. The van der Waals surface area contributed by atoms with Crippen molar-refractivity contribution in [3.05, 3.63) is 65.2 Å². The van der Waals surface area contributed by atoms with Crippen LogP contribution in [0, 0.1) is 0 Å². The summed E-state index contributed by atoms with van der Waals surface area (Å²) in [6.07, 6.45) is 3.54. The quantitative estimate of drug-likeness (QED) is 0.921. The van der Waals surface area contributed by atoms with Crippen LogP contribution in [0.4, 0.5) is 5.69 Å². The van der Waals surface area contributed by atoms with Gasteiger partial charge in [-0.25, -0.2) is 0 Å². The summed E-state index contributed by atoms with van der Waals surface area (Å²) in [6, 6.07) is 17.4. The molecule has 0 spiro atoms.